The van der Waals surface area contributed by atoms with E-state index in [9.17, 15) is 9.59 Å². The first-order valence-corrected chi connectivity index (χ1v) is 4.59. The van der Waals surface area contributed by atoms with Gasteiger partial charge in [0.25, 0.3) is 0 Å². The number of carbonyl (C=O) groups is 2. The molecule has 0 fully saturated rings. The molecule has 0 aliphatic carbocycles. The van der Waals surface area contributed by atoms with Crippen LogP contribution in [0.15, 0.2) is 11.1 Å². The van der Waals surface area contributed by atoms with Crippen LogP contribution < -0.4 is 5.32 Å². The van der Waals surface area contributed by atoms with Crippen molar-refractivity contribution in [2.75, 3.05) is 6.54 Å². The number of carboxylic acids is 1. The van der Waals surface area contributed by atoms with Gasteiger partial charge in [-0.1, -0.05) is 0 Å². The summed E-state index contributed by atoms with van der Waals surface area (Å²) in [7, 11) is 0. The molecule has 0 aliphatic heterocycles. The van der Waals surface area contributed by atoms with Crippen LogP contribution in [0.1, 0.15) is 27.2 Å². The van der Waals surface area contributed by atoms with Crippen LogP contribution in [0, 0.1) is 11.8 Å². The van der Waals surface area contributed by atoms with Gasteiger partial charge in [-0.3, -0.25) is 4.79 Å². The molecule has 0 saturated carbocycles. The lowest BCUT2D eigenvalue weighted by Gasteiger charge is -2.04. The van der Waals surface area contributed by atoms with E-state index in [1.165, 1.54) is 13.8 Å². The molecule has 1 amide bonds. The topological polar surface area (TPSA) is 66.4 Å². The van der Waals surface area contributed by atoms with Gasteiger partial charge in [-0.05, 0) is 20.8 Å². The Bertz CT molecular complexity index is 345. The van der Waals surface area contributed by atoms with E-state index in [1.54, 1.807) is 6.92 Å². The molecule has 0 unspecified atom stereocenters. The molecule has 4 nitrogen and oxygen atoms in total. The first-order chi connectivity index (χ1) is 7.00. The van der Waals surface area contributed by atoms with Crippen LogP contribution in [0.4, 0.5) is 0 Å². The first-order valence-electron chi connectivity index (χ1n) is 4.59. The fraction of sp³-hybridized carbons (Fsp3) is 0.455. The van der Waals surface area contributed by atoms with Crippen LogP contribution in [-0.4, -0.2) is 23.5 Å². The summed E-state index contributed by atoms with van der Waals surface area (Å²) in [4.78, 5) is 21.9. The second kappa shape index (κ2) is 6.66. The molecule has 0 spiro atoms. The monoisotopic (exact) mass is 209 g/mol. The highest BCUT2D eigenvalue weighted by molar-refractivity contribution is 6.01. The molecular weight excluding hydrogens is 194 g/mol. The third kappa shape index (κ3) is 4.87. The van der Waals surface area contributed by atoms with E-state index in [0.717, 1.165) is 0 Å². The van der Waals surface area contributed by atoms with Gasteiger partial charge in [0.15, 0.2) is 0 Å². The van der Waals surface area contributed by atoms with Crippen molar-refractivity contribution >= 4 is 11.9 Å². The number of amides is 1. The Labute approximate surface area is 89.4 Å². The van der Waals surface area contributed by atoms with Crippen molar-refractivity contribution in [3.8, 4) is 11.8 Å². The van der Waals surface area contributed by atoms with Gasteiger partial charge in [0.1, 0.15) is 0 Å². The predicted molar refractivity (Wildman–Crippen MR) is 57.1 cm³/mol. The Balaban J connectivity index is 4.26. The highest BCUT2D eigenvalue weighted by Gasteiger charge is 2.11. The second-order valence-corrected chi connectivity index (χ2v) is 2.99. The fourth-order valence-corrected chi connectivity index (χ4v) is 0.827. The molecule has 0 saturated heterocycles. The minimum atomic E-state index is -1.07. The smallest absolute Gasteiger partial charge is 0.331 e. The molecular formula is C11H15NO3. The van der Waals surface area contributed by atoms with Crippen molar-refractivity contribution in [1.82, 2.24) is 5.32 Å². The maximum Gasteiger partial charge on any atom is 0.331 e. The fourth-order valence-electron chi connectivity index (χ4n) is 0.827. The number of carboxylic acid groups (broad SMARTS) is 1. The maximum absolute atomic E-state index is 11.4. The van der Waals surface area contributed by atoms with Gasteiger partial charge < -0.3 is 10.4 Å². The summed E-state index contributed by atoms with van der Waals surface area (Å²) in [6, 6.07) is 0. The van der Waals surface area contributed by atoms with Crippen molar-refractivity contribution < 1.29 is 14.7 Å². The quantitative estimate of drug-likeness (QED) is 0.411. The van der Waals surface area contributed by atoms with Crippen molar-refractivity contribution in [3.63, 3.8) is 0 Å². The molecule has 0 bridgehead atoms. The molecule has 82 valence electrons. The molecule has 0 aromatic carbocycles. The van der Waals surface area contributed by atoms with E-state index in [4.69, 9.17) is 5.11 Å². The first kappa shape index (κ1) is 13.2. The second-order valence-electron chi connectivity index (χ2n) is 2.99. The maximum atomic E-state index is 11.4. The SMILES string of the molecule is CC#CCCNC(=O)C(C)=C(C)C(=O)O. The van der Waals surface area contributed by atoms with E-state index < -0.39 is 5.97 Å². The normalized spacial score (nSPS) is 10.9. The van der Waals surface area contributed by atoms with E-state index in [0.29, 0.717) is 13.0 Å². The number of nitrogens with one attached hydrogen (secondary N) is 1. The van der Waals surface area contributed by atoms with Gasteiger partial charge >= 0.3 is 5.97 Å². The van der Waals surface area contributed by atoms with Gasteiger partial charge in [0, 0.05) is 24.1 Å². The summed E-state index contributed by atoms with van der Waals surface area (Å²) in [5.74, 6) is 4.07. The van der Waals surface area contributed by atoms with E-state index in [1.807, 2.05) is 0 Å². The molecule has 0 aromatic heterocycles. The predicted octanol–water partition coefficient (Wildman–Crippen LogP) is 0.937. The molecule has 0 atom stereocenters. The summed E-state index contributed by atoms with van der Waals surface area (Å²) in [5, 5.41) is 11.2. The lowest BCUT2D eigenvalue weighted by atomic mass is 10.1. The van der Waals surface area contributed by atoms with Gasteiger partial charge in [0.2, 0.25) is 5.91 Å². The zero-order chi connectivity index (χ0) is 11.8. The zero-order valence-electron chi connectivity index (χ0n) is 9.18. The van der Waals surface area contributed by atoms with Crippen molar-refractivity contribution in [2.45, 2.75) is 27.2 Å². The summed E-state index contributed by atoms with van der Waals surface area (Å²) >= 11 is 0. The van der Waals surface area contributed by atoms with Crippen molar-refractivity contribution in [3.05, 3.63) is 11.1 Å². The average molecular weight is 209 g/mol. The van der Waals surface area contributed by atoms with Gasteiger partial charge in [0.05, 0.1) is 0 Å². The highest BCUT2D eigenvalue weighted by atomic mass is 16.4. The Kier molecular flexibility index (Phi) is 5.88. The van der Waals surface area contributed by atoms with Crippen LogP contribution in [0.5, 0.6) is 0 Å². The molecule has 0 rings (SSSR count). The van der Waals surface area contributed by atoms with Gasteiger partial charge in [-0.15, -0.1) is 11.8 Å². The molecule has 0 aromatic rings. The van der Waals surface area contributed by atoms with Crippen LogP contribution in [0.3, 0.4) is 0 Å². The molecule has 2 N–H and O–H groups in total. The molecule has 0 heterocycles. The number of rotatable bonds is 4. The van der Waals surface area contributed by atoms with E-state index >= 15 is 0 Å². The van der Waals surface area contributed by atoms with E-state index in [2.05, 4.69) is 17.2 Å². The summed E-state index contributed by atoms with van der Waals surface area (Å²) < 4.78 is 0. The number of aliphatic carboxylic acids is 1. The highest BCUT2D eigenvalue weighted by Crippen LogP contribution is 2.02. The minimum absolute atomic E-state index is 0.0640. The standard InChI is InChI=1S/C11H15NO3/c1-4-5-6-7-12-10(13)8(2)9(3)11(14)15/h6-7H2,1-3H3,(H,12,13)(H,14,15). The summed E-state index contributed by atoms with van der Waals surface area (Å²) in [6.07, 6.45) is 0.571. The van der Waals surface area contributed by atoms with E-state index in [-0.39, 0.29) is 17.1 Å². The van der Waals surface area contributed by atoms with Crippen LogP contribution in [-0.2, 0) is 9.59 Å². The van der Waals surface area contributed by atoms with Crippen molar-refractivity contribution in [2.24, 2.45) is 0 Å². The Hall–Kier alpha value is -1.76. The lowest BCUT2D eigenvalue weighted by Crippen LogP contribution is -2.26. The summed E-state index contributed by atoms with van der Waals surface area (Å²) in [5.41, 5.74) is 0.293. The molecule has 0 radical (unpaired) electrons. The van der Waals surface area contributed by atoms with Gasteiger partial charge in [-0.25, -0.2) is 4.79 Å². The Morgan fingerprint density at radius 2 is 1.87 bits per heavy atom. The molecule has 4 heteroatoms. The minimum Gasteiger partial charge on any atom is -0.478 e. The average Bonchev–Trinajstić information content (AvgIpc) is 2.21. The molecule has 0 aliphatic rings. The van der Waals surface area contributed by atoms with Crippen LogP contribution in [0.25, 0.3) is 0 Å². The number of hydrogen-bond acceptors (Lipinski definition) is 2. The van der Waals surface area contributed by atoms with Crippen LogP contribution >= 0.6 is 0 Å². The third-order valence-electron chi connectivity index (χ3n) is 1.94. The largest absolute Gasteiger partial charge is 0.478 e. The van der Waals surface area contributed by atoms with Crippen LogP contribution in [0.2, 0.25) is 0 Å². The zero-order valence-corrected chi connectivity index (χ0v) is 9.18. The number of hydrogen-bond donors (Lipinski definition) is 2. The molecule has 15 heavy (non-hydrogen) atoms. The lowest BCUT2D eigenvalue weighted by molar-refractivity contribution is -0.133. The van der Waals surface area contributed by atoms with Crippen molar-refractivity contribution in [1.29, 1.82) is 0 Å². The third-order valence-corrected chi connectivity index (χ3v) is 1.94. The summed E-state index contributed by atoms with van der Waals surface area (Å²) in [6.45, 7) is 5.05. The Morgan fingerprint density at radius 3 is 2.33 bits per heavy atom. The van der Waals surface area contributed by atoms with Gasteiger partial charge in [-0.2, -0.15) is 0 Å². The Morgan fingerprint density at radius 1 is 1.27 bits per heavy atom. The number of carbonyl (C=O) groups excluding carboxylic acids is 1.